The molecule has 0 unspecified atom stereocenters. The molecule has 0 aliphatic carbocycles. The van der Waals surface area contributed by atoms with E-state index >= 15 is 0 Å². The minimum Gasteiger partial charge on any atom is -0.487 e. The monoisotopic (exact) mass is 287 g/mol. The lowest BCUT2D eigenvalue weighted by Crippen LogP contribution is -2.15. The van der Waals surface area contributed by atoms with Gasteiger partial charge < -0.3 is 10.5 Å². The number of fused-ring (bicyclic) bond motifs is 1. The van der Waals surface area contributed by atoms with Gasteiger partial charge >= 0.3 is 0 Å². The molecule has 2 heterocycles. The molecule has 0 saturated heterocycles. The van der Waals surface area contributed by atoms with Crippen molar-refractivity contribution in [2.75, 3.05) is 5.73 Å². The molecule has 0 saturated carbocycles. The zero-order valence-corrected chi connectivity index (χ0v) is 11.7. The van der Waals surface area contributed by atoms with E-state index < -0.39 is 0 Å². The first-order valence-electron chi connectivity index (χ1n) is 6.08. The normalized spacial score (nSPS) is 10.8. The Balaban J connectivity index is 1.86. The van der Waals surface area contributed by atoms with Crippen molar-refractivity contribution in [2.45, 2.75) is 13.5 Å². The number of thiazole rings is 1. The maximum atomic E-state index is 12.0. The molecular weight excluding hydrogens is 274 g/mol. The summed E-state index contributed by atoms with van der Waals surface area (Å²) < 4.78 is 7.19. The summed E-state index contributed by atoms with van der Waals surface area (Å²) in [6, 6.07) is 8.66. The zero-order valence-electron chi connectivity index (χ0n) is 10.9. The number of nitrogen functional groups attached to an aromatic ring is 1. The lowest BCUT2D eigenvalue weighted by molar-refractivity contribution is 0.301. The van der Waals surface area contributed by atoms with Crippen molar-refractivity contribution in [3.8, 4) is 5.75 Å². The van der Waals surface area contributed by atoms with E-state index in [9.17, 15) is 4.79 Å². The predicted octanol–water partition coefficient (Wildman–Crippen LogP) is 2.23. The van der Waals surface area contributed by atoms with Crippen molar-refractivity contribution in [1.29, 1.82) is 0 Å². The molecule has 0 aliphatic heterocycles. The molecule has 20 heavy (non-hydrogen) atoms. The van der Waals surface area contributed by atoms with Crippen LogP contribution in [0.5, 0.6) is 5.75 Å². The Morgan fingerprint density at radius 3 is 3.05 bits per heavy atom. The lowest BCUT2D eigenvalue weighted by Gasteiger charge is -2.06. The maximum Gasteiger partial charge on any atom is 0.259 e. The second kappa shape index (κ2) is 4.97. The first-order chi connectivity index (χ1) is 9.63. The number of nitrogens with zero attached hydrogens (tertiary/aromatic N) is 2. The van der Waals surface area contributed by atoms with Crippen molar-refractivity contribution in [1.82, 2.24) is 9.38 Å². The van der Waals surface area contributed by atoms with Crippen LogP contribution in [0.4, 0.5) is 5.69 Å². The quantitative estimate of drug-likeness (QED) is 0.750. The molecule has 102 valence electrons. The number of aromatic nitrogens is 2. The fourth-order valence-corrected chi connectivity index (χ4v) is 2.83. The average Bonchev–Trinajstić information content (AvgIpc) is 2.79. The Kier molecular flexibility index (Phi) is 3.15. The minimum atomic E-state index is -0.0834. The van der Waals surface area contributed by atoms with Gasteiger partial charge in [-0.05, 0) is 19.1 Å². The van der Waals surface area contributed by atoms with E-state index in [4.69, 9.17) is 10.5 Å². The van der Waals surface area contributed by atoms with E-state index in [1.807, 2.05) is 24.4 Å². The number of ether oxygens (including phenoxy) is 1. The van der Waals surface area contributed by atoms with Crippen LogP contribution in [0.15, 0.2) is 40.5 Å². The first-order valence-corrected chi connectivity index (χ1v) is 6.96. The smallest absolute Gasteiger partial charge is 0.259 e. The Morgan fingerprint density at radius 1 is 1.40 bits per heavy atom. The van der Waals surface area contributed by atoms with Crippen LogP contribution >= 0.6 is 11.3 Å². The highest BCUT2D eigenvalue weighted by Crippen LogP contribution is 2.16. The number of hydrogen-bond acceptors (Lipinski definition) is 5. The molecule has 0 spiro atoms. The fraction of sp³-hybridized carbons (Fsp3) is 0.143. The maximum absolute atomic E-state index is 12.0. The van der Waals surface area contributed by atoms with Crippen LogP contribution in [-0.4, -0.2) is 9.38 Å². The molecule has 6 heteroatoms. The molecule has 0 atom stereocenters. The largest absolute Gasteiger partial charge is 0.487 e. The van der Waals surface area contributed by atoms with Gasteiger partial charge in [-0.3, -0.25) is 9.20 Å². The van der Waals surface area contributed by atoms with Crippen LogP contribution in [0.2, 0.25) is 0 Å². The van der Waals surface area contributed by atoms with Gasteiger partial charge in [0.2, 0.25) is 0 Å². The minimum absolute atomic E-state index is 0.0834. The fourth-order valence-electron chi connectivity index (χ4n) is 1.94. The lowest BCUT2D eigenvalue weighted by atomic mass is 10.3. The van der Waals surface area contributed by atoms with Gasteiger partial charge in [0.15, 0.2) is 4.96 Å². The molecule has 0 aliphatic rings. The number of rotatable bonds is 3. The summed E-state index contributed by atoms with van der Waals surface area (Å²) >= 11 is 1.44. The molecule has 5 nitrogen and oxygen atoms in total. The van der Waals surface area contributed by atoms with Gasteiger partial charge in [-0.15, -0.1) is 11.3 Å². The molecule has 3 aromatic rings. The molecule has 0 amide bonds. The van der Waals surface area contributed by atoms with Crippen LogP contribution in [-0.2, 0) is 6.61 Å². The number of anilines is 1. The summed E-state index contributed by atoms with van der Waals surface area (Å²) in [5.74, 6) is 0.661. The second-order valence-electron chi connectivity index (χ2n) is 4.44. The molecule has 0 fully saturated rings. The topological polar surface area (TPSA) is 69.6 Å². The van der Waals surface area contributed by atoms with Crippen molar-refractivity contribution < 1.29 is 4.74 Å². The van der Waals surface area contributed by atoms with E-state index in [1.54, 1.807) is 16.5 Å². The highest BCUT2D eigenvalue weighted by atomic mass is 32.1. The van der Waals surface area contributed by atoms with Crippen LogP contribution in [0.3, 0.4) is 0 Å². The molecule has 0 radical (unpaired) electrons. The zero-order chi connectivity index (χ0) is 14.1. The van der Waals surface area contributed by atoms with Crippen molar-refractivity contribution in [3.05, 3.63) is 57.5 Å². The van der Waals surface area contributed by atoms with Crippen molar-refractivity contribution in [2.24, 2.45) is 0 Å². The van der Waals surface area contributed by atoms with Gasteiger partial charge in [-0.1, -0.05) is 6.07 Å². The van der Waals surface area contributed by atoms with Gasteiger partial charge in [0.1, 0.15) is 12.4 Å². The van der Waals surface area contributed by atoms with E-state index in [0.717, 1.165) is 5.69 Å². The first kappa shape index (κ1) is 12.7. The van der Waals surface area contributed by atoms with Crippen LogP contribution < -0.4 is 16.0 Å². The van der Waals surface area contributed by atoms with Crippen LogP contribution in [0.1, 0.15) is 11.4 Å². The van der Waals surface area contributed by atoms with Crippen LogP contribution in [0.25, 0.3) is 4.96 Å². The third-order valence-electron chi connectivity index (χ3n) is 2.87. The Hall–Kier alpha value is -2.34. The molecule has 0 bridgehead atoms. The van der Waals surface area contributed by atoms with Gasteiger partial charge in [0.25, 0.3) is 5.56 Å². The van der Waals surface area contributed by atoms with E-state index in [1.165, 1.54) is 17.4 Å². The summed E-state index contributed by atoms with van der Waals surface area (Å²) in [4.78, 5) is 17.1. The Bertz CT molecular complexity index is 823. The van der Waals surface area contributed by atoms with Gasteiger partial charge in [-0.2, -0.15) is 0 Å². The number of benzene rings is 1. The van der Waals surface area contributed by atoms with Gasteiger partial charge in [0.05, 0.1) is 5.69 Å². The Morgan fingerprint density at radius 2 is 2.25 bits per heavy atom. The predicted molar refractivity (Wildman–Crippen MR) is 79.3 cm³/mol. The van der Waals surface area contributed by atoms with Gasteiger partial charge in [-0.25, -0.2) is 4.98 Å². The molecule has 3 rings (SSSR count). The average molecular weight is 287 g/mol. The van der Waals surface area contributed by atoms with E-state index in [-0.39, 0.29) is 12.2 Å². The molecule has 2 N–H and O–H groups in total. The summed E-state index contributed by atoms with van der Waals surface area (Å²) in [6.07, 6.45) is 0. The molecule has 2 aromatic heterocycles. The third kappa shape index (κ3) is 2.37. The van der Waals surface area contributed by atoms with E-state index in [0.29, 0.717) is 22.1 Å². The second-order valence-corrected chi connectivity index (χ2v) is 5.28. The van der Waals surface area contributed by atoms with Crippen LogP contribution in [0, 0.1) is 6.92 Å². The summed E-state index contributed by atoms with van der Waals surface area (Å²) in [6.45, 7) is 2.13. The summed E-state index contributed by atoms with van der Waals surface area (Å²) in [5.41, 5.74) is 7.74. The molecular formula is C14H13N3O2S. The SMILES string of the molecule is Cc1csc2nc(COc3cccc(N)c3)cc(=O)n12. The van der Waals surface area contributed by atoms with Crippen molar-refractivity contribution in [3.63, 3.8) is 0 Å². The highest BCUT2D eigenvalue weighted by molar-refractivity contribution is 7.15. The molecule has 1 aromatic carbocycles. The number of hydrogen-bond donors (Lipinski definition) is 1. The van der Waals surface area contributed by atoms with E-state index in [2.05, 4.69) is 4.98 Å². The van der Waals surface area contributed by atoms with Gasteiger partial charge in [0, 0.05) is 28.9 Å². The number of nitrogens with two attached hydrogens (primary N) is 1. The Labute approximate surface area is 119 Å². The summed E-state index contributed by atoms with van der Waals surface area (Å²) in [7, 11) is 0. The summed E-state index contributed by atoms with van der Waals surface area (Å²) in [5, 5.41) is 1.91. The highest BCUT2D eigenvalue weighted by Gasteiger charge is 2.07. The third-order valence-corrected chi connectivity index (χ3v) is 3.82. The standard InChI is InChI=1S/C14H13N3O2S/c1-9-8-20-14-16-11(6-13(18)17(9)14)7-19-12-4-2-3-10(15)5-12/h2-6,8H,7,15H2,1H3. The number of aryl methyl sites for hydroxylation is 1. The van der Waals surface area contributed by atoms with Crippen molar-refractivity contribution >= 4 is 22.0 Å².